The number of H-pyrrole nitrogens is 1. The third-order valence-electron chi connectivity index (χ3n) is 3.05. The van der Waals surface area contributed by atoms with Gasteiger partial charge in [0.2, 0.25) is 0 Å². The predicted molar refractivity (Wildman–Crippen MR) is 72.8 cm³/mol. The lowest BCUT2D eigenvalue weighted by Gasteiger charge is -2.16. The summed E-state index contributed by atoms with van der Waals surface area (Å²) in [5, 5.41) is 2.97. The van der Waals surface area contributed by atoms with Crippen LogP contribution in [0.1, 0.15) is 46.8 Å². The molecule has 0 bridgehead atoms. The van der Waals surface area contributed by atoms with Crippen LogP contribution in [-0.2, 0) is 0 Å². The first-order valence-corrected chi connectivity index (χ1v) is 6.35. The fourth-order valence-electron chi connectivity index (χ4n) is 1.95. The van der Waals surface area contributed by atoms with Crippen molar-refractivity contribution in [1.82, 2.24) is 20.3 Å². The van der Waals surface area contributed by atoms with E-state index in [9.17, 15) is 4.79 Å². The van der Waals surface area contributed by atoms with Gasteiger partial charge < -0.3 is 10.3 Å². The molecule has 5 heteroatoms. The Morgan fingerprint density at radius 1 is 1.42 bits per heavy atom. The highest BCUT2D eigenvalue weighted by molar-refractivity contribution is 5.93. The Kier molecular flexibility index (Phi) is 3.94. The van der Waals surface area contributed by atoms with Gasteiger partial charge in [-0.1, -0.05) is 6.92 Å². The molecule has 2 N–H and O–H groups in total. The molecule has 2 aromatic rings. The van der Waals surface area contributed by atoms with E-state index in [1.807, 2.05) is 32.9 Å². The lowest BCUT2D eigenvalue weighted by Crippen LogP contribution is -2.29. The van der Waals surface area contributed by atoms with Crippen molar-refractivity contribution in [1.29, 1.82) is 0 Å². The maximum Gasteiger partial charge on any atom is 0.272 e. The second-order valence-corrected chi connectivity index (χ2v) is 4.57. The number of carbonyl (C=O) groups is 1. The van der Waals surface area contributed by atoms with E-state index in [1.54, 1.807) is 6.20 Å². The van der Waals surface area contributed by atoms with Gasteiger partial charge in [0.05, 0.1) is 18.1 Å². The van der Waals surface area contributed by atoms with Crippen LogP contribution < -0.4 is 5.32 Å². The molecule has 2 rings (SSSR count). The van der Waals surface area contributed by atoms with Gasteiger partial charge in [0, 0.05) is 11.9 Å². The topological polar surface area (TPSA) is 70.7 Å². The van der Waals surface area contributed by atoms with E-state index < -0.39 is 0 Å². The summed E-state index contributed by atoms with van der Waals surface area (Å²) in [5.74, 6) is -0.172. The molecule has 1 atom stereocenters. The first kappa shape index (κ1) is 13.3. The monoisotopic (exact) mass is 258 g/mol. The Balaban J connectivity index is 2.16. The van der Waals surface area contributed by atoms with Gasteiger partial charge in [-0.25, -0.2) is 4.98 Å². The van der Waals surface area contributed by atoms with Gasteiger partial charge in [-0.15, -0.1) is 0 Å². The first-order chi connectivity index (χ1) is 9.11. The molecule has 0 saturated carbocycles. The molecular formula is C14H18N4O. The Hall–Kier alpha value is -2.17. The van der Waals surface area contributed by atoms with Gasteiger partial charge in [-0.3, -0.25) is 9.78 Å². The number of carbonyl (C=O) groups excluding carboxylic acids is 1. The Morgan fingerprint density at radius 3 is 2.79 bits per heavy atom. The molecule has 0 radical (unpaired) electrons. The number of nitrogens with one attached hydrogen (secondary N) is 2. The average Bonchev–Trinajstić information content (AvgIpc) is 2.82. The van der Waals surface area contributed by atoms with E-state index in [4.69, 9.17) is 0 Å². The number of aromatic nitrogens is 3. The molecule has 0 aliphatic heterocycles. The van der Waals surface area contributed by atoms with Crippen molar-refractivity contribution in [2.24, 2.45) is 0 Å². The van der Waals surface area contributed by atoms with Gasteiger partial charge in [0.15, 0.2) is 0 Å². The fourth-order valence-corrected chi connectivity index (χ4v) is 1.95. The largest absolute Gasteiger partial charge is 0.348 e. The fraction of sp³-hybridized carbons (Fsp3) is 0.357. The van der Waals surface area contributed by atoms with Crippen molar-refractivity contribution in [2.75, 3.05) is 0 Å². The van der Waals surface area contributed by atoms with Crippen LogP contribution >= 0.6 is 0 Å². The minimum absolute atomic E-state index is 0.0940. The van der Waals surface area contributed by atoms with E-state index in [1.165, 1.54) is 6.33 Å². The van der Waals surface area contributed by atoms with Crippen LogP contribution in [0.4, 0.5) is 0 Å². The number of imidazole rings is 1. The van der Waals surface area contributed by atoms with E-state index in [0.717, 1.165) is 23.4 Å². The van der Waals surface area contributed by atoms with Crippen LogP contribution in [0.5, 0.6) is 0 Å². The number of hydrogen-bond donors (Lipinski definition) is 2. The number of aryl methyl sites for hydroxylation is 2. The van der Waals surface area contributed by atoms with E-state index in [-0.39, 0.29) is 11.9 Å². The zero-order valence-corrected chi connectivity index (χ0v) is 11.4. The highest BCUT2D eigenvalue weighted by atomic mass is 16.2. The summed E-state index contributed by atoms with van der Waals surface area (Å²) in [6.07, 6.45) is 4.07. The highest BCUT2D eigenvalue weighted by Crippen LogP contribution is 2.16. The average molecular weight is 258 g/mol. The molecule has 0 fully saturated rings. The SMILES string of the molecule is CCC(NC(=O)c1nc[nH]c1C)c1cc(C)ccn1. The molecule has 0 aromatic carbocycles. The molecule has 0 aliphatic carbocycles. The van der Waals surface area contributed by atoms with Crippen LogP contribution in [0, 0.1) is 13.8 Å². The Labute approximate surface area is 112 Å². The lowest BCUT2D eigenvalue weighted by molar-refractivity contribution is 0.0929. The Bertz CT molecular complexity index is 576. The number of aromatic amines is 1. The van der Waals surface area contributed by atoms with Gasteiger partial charge in [-0.2, -0.15) is 0 Å². The van der Waals surface area contributed by atoms with Crippen LogP contribution in [0.25, 0.3) is 0 Å². The van der Waals surface area contributed by atoms with Gasteiger partial charge >= 0.3 is 0 Å². The highest BCUT2D eigenvalue weighted by Gasteiger charge is 2.18. The van der Waals surface area contributed by atoms with Gasteiger partial charge in [0.25, 0.3) is 5.91 Å². The third kappa shape index (κ3) is 2.99. The number of pyridine rings is 1. The lowest BCUT2D eigenvalue weighted by atomic mass is 10.1. The zero-order chi connectivity index (χ0) is 13.8. The second kappa shape index (κ2) is 5.65. The number of amides is 1. The quantitative estimate of drug-likeness (QED) is 0.884. The minimum Gasteiger partial charge on any atom is -0.348 e. The van der Waals surface area contributed by atoms with Crippen LogP contribution in [0.3, 0.4) is 0 Å². The summed E-state index contributed by atoms with van der Waals surface area (Å²) in [6, 6.07) is 3.84. The van der Waals surface area contributed by atoms with Crippen LogP contribution in [0.15, 0.2) is 24.7 Å². The molecule has 1 amide bonds. The molecule has 2 heterocycles. The third-order valence-corrected chi connectivity index (χ3v) is 3.05. The zero-order valence-electron chi connectivity index (χ0n) is 11.4. The number of hydrogen-bond acceptors (Lipinski definition) is 3. The maximum absolute atomic E-state index is 12.1. The molecule has 0 spiro atoms. The predicted octanol–water partition coefficient (Wildman–Crippen LogP) is 2.30. The molecule has 1 unspecified atom stereocenters. The summed E-state index contributed by atoms with van der Waals surface area (Å²) in [6.45, 7) is 5.86. The van der Waals surface area contributed by atoms with Crippen molar-refractivity contribution in [3.8, 4) is 0 Å². The van der Waals surface area contributed by atoms with E-state index >= 15 is 0 Å². The van der Waals surface area contributed by atoms with Gasteiger partial charge in [0.1, 0.15) is 5.69 Å². The molecule has 2 aromatic heterocycles. The summed E-state index contributed by atoms with van der Waals surface area (Å²) in [7, 11) is 0. The summed E-state index contributed by atoms with van der Waals surface area (Å²) in [5.41, 5.74) is 3.22. The van der Waals surface area contributed by atoms with E-state index in [0.29, 0.717) is 5.69 Å². The van der Waals surface area contributed by atoms with Crippen molar-refractivity contribution < 1.29 is 4.79 Å². The number of nitrogens with zero attached hydrogens (tertiary/aromatic N) is 2. The molecule has 19 heavy (non-hydrogen) atoms. The van der Waals surface area contributed by atoms with E-state index in [2.05, 4.69) is 20.3 Å². The molecular weight excluding hydrogens is 240 g/mol. The normalized spacial score (nSPS) is 12.2. The minimum atomic E-state index is -0.172. The van der Waals surface area contributed by atoms with Crippen molar-refractivity contribution in [3.05, 3.63) is 47.3 Å². The van der Waals surface area contributed by atoms with Crippen LogP contribution in [0.2, 0.25) is 0 Å². The van der Waals surface area contributed by atoms with Crippen molar-refractivity contribution in [2.45, 2.75) is 33.2 Å². The first-order valence-electron chi connectivity index (χ1n) is 6.35. The summed E-state index contributed by atoms with van der Waals surface area (Å²) < 4.78 is 0. The molecule has 0 saturated heterocycles. The smallest absolute Gasteiger partial charge is 0.272 e. The van der Waals surface area contributed by atoms with Crippen LogP contribution in [-0.4, -0.2) is 20.9 Å². The maximum atomic E-state index is 12.1. The molecule has 5 nitrogen and oxygen atoms in total. The van der Waals surface area contributed by atoms with Crippen molar-refractivity contribution in [3.63, 3.8) is 0 Å². The molecule has 0 aliphatic rings. The number of rotatable bonds is 4. The standard InChI is InChI=1S/C14H18N4O/c1-4-11(12-7-9(2)5-6-15-12)18-14(19)13-10(3)16-8-17-13/h5-8,11H,4H2,1-3H3,(H,16,17)(H,18,19). The Morgan fingerprint density at radius 2 is 2.21 bits per heavy atom. The summed E-state index contributed by atoms with van der Waals surface area (Å²) >= 11 is 0. The second-order valence-electron chi connectivity index (χ2n) is 4.57. The van der Waals surface area contributed by atoms with Crippen molar-refractivity contribution >= 4 is 5.91 Å². The van der Waals surface area contributed by atoms with Gasteiger partial charge in [-0.05, 0) is 38.0 Å². The molecule has 100 valence electrons. The summed E-state index contributed by atoms with van der Waals surface area (Å²) in [4.78, 5) is 23.4.